The van der Waals surface area contributed by atoms with Crippen LogP contribution in [0.4, 0.5) is 0 Å². The number of amides is 1. The second-order valence-corrected chi connectivity index (χ2v) is 10.6. The van der Waals surface area contributed by atoms with Gasteiger partial charge in [-0.25, -0.2) is 12.7 Å². The van der Waals surface area contributed by atoms with E-state index in [0.29, 0.717) is 12.0 Å². The summed E-state index contributed by atoms with van der Waals surface area (Å²) in [4.78, 5) is 23.9. The van der Waals surface area contributed by atoms with Crippen LogP contribution in [-0.4, -0.2) is 38.0 Å². The average Bonchev–Trinajstić information content (AvgIpc) is 2.78. The Morgan fingerprint density at radius 3 is 2.34 bits per heavy atom. The quantitative estimate of drug-likeness (QED) is 0.577. The molecule has 1 aliphatic carbocycles. The predicted octanol–water partition coefficient (Wildman–Crippen LogP) is 4.05. The first-order chi connectivity index (χ1) is 15.2. The molecule has 0 saturated heterocycles. The van der Waals surface area contributed by atoms with Crippen LogP contribution in [0.2, 0.25) is 0 Å². The Balaban J connectivity index is 1.49. The minimum Gasteiger partial charge on any atom is -0.350 e. The van der Waals surface area contributed by atoms with Gasteiger partial charge in [0.25, 0.3) is 0 Å². The van der Waals surface area contributed by atoms with Gasteiger partial charge < -0.3 is 5.32 Å². The first kappa shape index (κ1) is 24.1. The summed E-state index contributed by atoms with van der Waals surface area (Å²) in [6, 6.07) is 12.3. The molecular formula is C25H32N2O4S. The van der Waals surface area contributed by atoms with E-state index in [1.165, 1.54) is 66.5 Å². The maximum atomic E-state index is 12.7. The van der Waals surface area contributed by atoms with E-state index in [1.54, 1.807) is 0 Å². The first-order valence-electron chi connectivity index (χ1n) is 11.2. The number of carbonyl (C=O) groups excluding carboxylic acids is 2. The fraction of sp³-hybridized carbons (Fsp3) is 0.440. The van der Waals surface area contributed by atoms with Crippen molar-refractivity contribution < 1.29 is 18.0 Å². The minimum absolute atomic E-state index is 0.0871. The third-order valence-electron chi connectivity index (χ3n) is 6.10. The third-order valence-corrected chi connectivity index (χ3v) is 7.97. The first-order valence-corrected chi connectivity index (χ1v) is 12.6. The lowest BCUT2D eigenvalue weighted by Crippen LogP contribution is -2.30. The van der Waals surface area contributed by atoms with E-state index in [-0.39, 0.29) is 35.6 Å². The van der Waals surface area contributed by atoms with Crippen LogP contribution in [0.3, 0.4) is 0 Å². The topological polar surface area (TPSA) is 83.6 Å². The molecule has 1 unspecified atom stereocenters. The van der Waals surface area contributed by atoms with Gasteiger partial charge >= 0.3 is 0 Å². The molecule has 0 bridgehead atoms. The summed E-state index contributed by atoms with van der Waals surface area (Å²) in [5.41, 5.74) is 4.38. The molecule has 172 valence electrons. The van der Waals surface area contributed by atoms with Gasteiger partial charge in [-0.1, -0.05) is 30.3 Å². The number of fused-ring (bicyclic) bond motifs is 1. The summed E-state index contributed by atoms with van der Waals surface area (Å²) in [5.74, 6) is -0.204. The summed E-state index contributed by atoms with van der Waals surface area (Å²) in [7, 11) is -2.16. The molecule has 7 heteroatoms. The number of nitrogens with one attached hydrogen (secondary N) is 1. The number of sulfonamides is 1. The van der Waals surface area contributed by atoms with Gasteiger partial charge in [0, 0.05) is 25.6 Å². The highest BCUT2D eigenvalue weighted by atomic mass is 32.2. The lowest BCUT2D eigenvalue weighted by atomic mass is 9.89. The number of ketones is 1. The Bertz CT molecular complexity index is 1080. The summed E-state index contributed by atoms with van der Waals surface area (Å²) < 4.78 is 26.7. The van der Waals surface area contributed by atoms with Crippen molar-refractivity contribution in [2.24, 2.45) is 0 Å². The number of hydrogen-bond acceptors (Lipinski definition) is 4. The van der Waals surface area contributed by atoms with Crippen LogP contribution >= 0.6 is 0 Å². The maximum Gasteiger partial charge on any atom is 0.242 e. The van der Waals surface area contributed by atoms with E-state index in [9.17, 15) is 18.0 Å². The van der Waals surface area contributed by atoms with Gasteiger partial charge in [0.15, 0.2) is 5.78 Å². The van der Waals surface area contributed by atoms with Gasteiger partial charge in [0.2, 0.25) is 15.9 Å². The fourth-order valence-corrected chi connectivity index (χ4v) is 5.25. The lowest BCUT2D eigenvalue weighted by molar-refractivity contribution is -0.121. The van der Waals surface area contributed by atoms with Crippen molar-refractivity contribution in [3.8, 4) is 0 Å². The maximum absolute atomic E-state index is 12.7. The van der Waals surface area contributed by atoms with Crippen molar-refractivity contribution in [1.82, 2.24) is 9.62 Å². The molecule has 0 saturated carbocycles. The molecule has 0 spiro atoms. The van der Waals surface area contributed by atoms with Crippen molar-refractivity contribution in [2.75, 3.05) is 13.6 Å². The molecule has 6 nitrogen and oxygen atoms in total. The lowest BCUT2D eigenvalue weighted by Gasteiger charge is -2.20. The standard InChI is InChI=1S/C25H32N2O4S/c1-18(22-11-10-21-7-4-5-8-23(21)17-22)26-25(29)9-6-16-27(3)32(30,31)24-14-12-20(13-15-24)19(2)28/h10-15,17-18H,4-9,16H2,1-3H3,(H,26,29). The molecule has 1 N–H and O–H groups in total. The molecule has 0 aliphatic heterocycles. The number of hydrogen-bond donors (Lipinski definition) is 1. The van der Waals surface area contributed by atoms with Crippen LogP contribution in [0, 0.1) is 0 Å². The van der Waals surface area contributed by atoms with Gasteiger partial charge in [-0.15, -0.1) is 0 Å². The third kappa shape index (κ3) is 5.84. The van der Waals surface area contributed by atoms with Crippen molar-refractivity contribution in [3.05, 3.63) is 64.7 Å². The molecule has 32 heavy (non-hydrogen) atoms. The fourth-order valence-electron chi connectivity index (χ4n) is 4.04. The Morgan fingerprint density at radius 2 is 1.69 bits per heavy atom. The Kier molecular flexibility index (Phi) is 7.85. The van der Waals surface area contributed by atoms with Crippen LogP contribution in [0.5, 0.6) is 0 Å². The summed E-state index contributed by atoms with van der Waals surface area (Å²) >= 11 is 0. The molecular weight excluding hydrogens is 424 g/mol. The Morgan fingerprint density at radius 1 is 1.03 bits per heavy atom. The van der Waals surface area contributed by atoms with E-state index >= 15 is 0 Å². The normalized spacial score (nSPS) is 14.6. The van der Waals surface area contributed by atoms with E-state index in [2.05, 4.69) is 23.5 Å². The zero-order chi connectivity index (χ0) is 23.3. The molecule has 1 aliphatic rings. The summed E-state index contributed by atoms with van der Waals surface area (Å²) in [5, 5.41) is 3.03. The van der Waals surface area contributed by atoms with Gasteiger partial charge in [0.1, 0.15) is 0 Å². The van der Waals surface area contributed by atoms with E-state index in [1.807, 2.05) is 6.92 Å². The predicted molar refractivity (Wildman–Crippen MR) is 125 cm³/mol. The Hall–Kier alpha value is -2.51. The van der Waals surface area contributed by atoms with Crippen molar-refractivity contribution in [1.29, 1.82) is 0 Å². The second kappa shape index (κ2) is 10.4. The highest BCUT2D eigenvalue weighted by Crippen LogP contribution is 2.25. The van der Waals surface area contributed by atoms with Crippen LogP contribution in [0.25, 0.3) is 0 Å². The molecule has 1 atom stereocenters. The van der Waals surface area contributed by atoms with Crippen molar-refractivity contribution in [3.63, 3.8) is 0 Å². The highest BCUT2D eigenvalue weighted by molar-refractivity contribution is 7.89. The molecule has 0 fully saturated rings. The smallest absolute Gasteiger partial charge is 0.242 e. The summed E-state index contributed by atoms with van der Waals surface area (Å²) in [6.07, 6.45) is 5.36. The van der Waals surface area contributed by atoms with Gasteiger partial charge in [-0.2, -0.15) is 0 Å². The zero-order valence-electron chi connectivity index (χ0n) is 19.1. The van der Waals surface area contributed by atoms with Crippen LogP contribution in [0.15, 0.2) is 47.4 Å². The number of aryl methyl sites for hydroxylation is 2. The molecule has 1 amide bonds. The van der Waals surface area contributed by atoms with Gasteiger partial charge in [-0.05, 0) is 74.8 Å². The molecule has 0 radical (unpaired) electrons. The van der Waals surface area contributed by atoms with Crippen LogP contribution in [-0.2, 0) is 27.7 Å². The number of rotatable bonds is 9. The highest BCUT2D eigenvalue weighted by Gasteiger charge is 2.21. The molecule has 3 rings (SSSR count). The van der Waals surface area contributed by atoms with Crippen LogP contribution < -0.4 is 5.32 Å². The van der Waals surface area contributed by atoms with E-state index in [0.717, 1.165) is 18.4 Å². The second-order valence-electron chi connectivity index (χ2n) is 8.54. The molecule has 2 aromatic rings. The van der Waals surface area contributed by atoms with Gasteiger partial charge in [-0.3, -0.25) is 9.59 Å². The minimum atomic E-state index is -3.66. The molecule has 0 heterocycles. The monoisotopic (exact) mass is 456 g/mol. The van der Waals surface area contributed by atoms with Crippen molar-refractivity contribution >= 4 is 21.7 Å². The van der Waals surface area contributed by atoms with E-state index in [4.69, 9.17) is 0 Å². The van der Waals surface area contributed by atoms with Gasteiger partial charge in [0.05, 0.1) is 10.9 Å². The van der Waals surface area contributed by atoms with Crippen molar-refractivity contribution in [2.45, 2.75) is 63.3 Å². The SMILES string of the molecule is CC(=O)c1ccc(S(=O)(=O)N(C)CCCC(=O)NC(C)c2ccc3c(c2)CCCC3)cc1. The van der Waals surface area contributed by atoms with E-state index < -0.39 is 10.0 Å². The largest absolute Gasteiger partial charge is 0.350 e. The number of Topliss-reactive ketones (excluding diaryl/α,β-unsaturated/α-hetero) is 1. The zero-order valence-corrected chi connectivity index (χ0v) is 19.9. The molecule has 2 aromatic carbocycles. The summed E-state index contributed by atoms with van der Waals surface area (Å²) in [6.45, 7) is 3.65. The number of carbonyl (C=O) groups is 2. The Labute approximate surface area is 191 Å². The van der Waals surface area contributed by atoms with Crippen LogP contribution in [0.1, 0.15) is 72.6 Å². The molecule has 0 aromatic heterocycles. The average molecular weight is 457 g/mol. The number of nitrogens with zero attached hydrogens (tertiary/aromatic N) is 1. The number of benzene rings is 2.